The molecule has 1 fully saturated rings. The minimum atomic E-state index is -3.43. The summed E-state index contributed by atoms with van der Waals surface area (Å²) in [6.07, 6.45) is -0.0755. The van der Waals surface area contributed by atoms with Gasteiger partial charge in [0.2, 0.25) is 10.0 Å². The maximum atomic E-state index is 12.7. The summed E-state index contributed by atoms with van der Waals surface area (Å²) in [6.45, 7) is 8.86. The van der Waals surface area contributed by atoms with Crippen molar-refractivity contribution >= 4 is 10.0 Å². The summed E-state index contributed by atoms with van der Waals surface area (Å²) in [5.41, 5.74) is 1.15. The van der Waals surface area contributed by atoms with Gasteiger partial charge in [0.05, 0.1) is 17.6 Å². The van der Waals surface area contributed by atoms with Crippen molar-refractivity contribution in [3.63, 3.8) is 0 Å². The third kappa shape index (κ3) is 2.90. The molecular formula is C15H23NO3S. The van der Waals surface area contributed by atoms with Gasteiger partial charge in [-0.15, -0.1) is 0 Å². The number of rotatable bonds is 3. The van der Waals surface area contributed by atoms with Gasteiger partial charge in [-0.1, -0.05) is 26.0 Å². The highest BCUT2D eigenvalue weighted by Gasteiger charge is 2.35. The third-order valence-corrected chi connectivity index (χ3v) is 5.98. The molecule has 112 valence electrons. The molecule has 1 heterocycles. The predicted molar refractivity (Wildman–Crippen MR) is 79.3 cm³/mol. The van der Waals surface area contributed by atoms with E-state index in [1.54, 1.807) is 16.4 Å². The molecule has 0 bridgehead atoms. The average Bonchev–Trinajstić information content (AvgIpc) is 2.41. The highest BCUT2D eigenvalue weighted by Crippen LogP contribution is 2.24. The second-order valence-corrected chi connectivity index (χ2v) is 7.55. The third-order valence-electron chi connectivity index (χ3n) is 3.98. The van der Waals surface area contributed by atoms with E-state index in [9.17, 15) is 8.42 Å². The maximum Gasteiger partial charge on any atom is 0.243 e. The van der Waals surface area contributed by atoms with Crippen LogP contribution in [0.4, 0.5) is 0 Å². The van der Waals surface area contributed by atoms with Crippen molar-refractivity contribution in [3.05, 3.63) is 29.8 Å². The topological polar surface area (TPSA) is 46.6 Å². The Morgan fingerprint density at radius 1 is 1.20 bits per heavy atom. The fourth-order valence-electron chi connectivity index (χ4n) is 2.40. The number of morpholine rings is 1. The zero-order valence-electron chi connectivity index (χ0n) is 12.5. The Bertz CT molecular complexity index is 551. The smallest absolute Gasteiger partial charge is 0.243 e. The SMILES string of the molecule is CC(C)c1ccc(S(=O)(=O)N2CCOC(C)C2C)cc1. The van der Waals surface area contributed by atoms with E-state index in [4.69, 9.17) is 4.74 Å². The molecule has 1 aromatic carbocycles. The van der Waals surface area contributed by atoms with E-state index in [0.29, 0.717) is 24.0 Å². The molecule has 2 rings (SSSR count). The molecule has 0 aromatic heterocycles. The second kappa shape index (κ2) is 5.84. The Kier molecular flexibility index (Phi) is 4.52. The minimum absolute atomic E-state index is 0.0755. The normalized spacial score (nSPS) is 25.1. The monoisotopic (exact) mass is 297 g/mol. The lowest BCUT2D eigenvalue weighted by atomic mass is 10.0. The van der Waals surface area contributed by atoms with Crippen LogP contribution in [0.25, 0.3) is 0 Å². The van der Waals surface area contributed by atoms with Gasteiger partial charge in [-0.25, -0.2) is 8.42 Å². The van der Waals surface area contributed by atoms with Gasteiger partial charge in [-0.05, 0) is 37.5 Å². The summed E-state index contributed by atoms with van der Waals surface area (Å²) in [7, 11) is -3.43. The zero-order chi connectivity index (χ0) is 14.9. The number of hydrogen-bond acceptors (Lipinski definition) is 3. The van der Waals surface area contributed by atoms with Crippen molar-refractivity contribution in [2.24, 2.45) is 0 Å². The van der Waals surface area contributed by atoms with Crippen LogP contribution in [-0.2, 0) is 14.8 Å². The van der Waals surface area contributed by atoms with Crippen LogP contribution in [0.1, 0.15) is 39.2 Å². The number of ether oxygens (including phenoxy) is 1. The Morgan fingerprint density at radius 2 is 1.80 bits per heavy atom. The van der Waals surface area contributed by atoms with E-state index in [2.05, 4.69) is 13.8 Å². The zero-order valence-corrected chi connectivity index (χ0v) is 13.4. The molecule has 0 amide bonds. The largest absolute Gasteiger partial charge is 0.375 e. The maximum absolute atomic E-state index is 12.7. The lowest BCUT2D eigenvalue weighted by Gasteiger charge is -2.36. The molecule has 0 radical (unpaired) electrons. The first-order chi connectivity index (χ1) is 9.34. The summed E-state index contributed by atoms with van der Waals surface area (Å²) in [4.78, 5) is 0.364. The van der Waals surface area contributed by atoms with Gasteiger partial charge >= 0.3 is 0 Å². The number of sulfonamides is 1. The molecule has 4 nitrogen and oxygen atoms in total. The molecular weight excluding hydrogens is 274 g/mol. The van der Waals surface area contributed by atoms with Crippen molar-refractivity contribution in [1.82, 2.24) is 4.31 Å². The Labute approximate surface area is 121 Å². The van der Waals surface area contributed by atoms with Gasteiger partial charge in [0, 0.05) is 12.6 Å². The molecule has 1 aliphatic rings. The van der Waals surface area contributed by atoms with Crippen LogP contribution >= 0.6 is 0 Å². The quantitative estimate of drug-likeness (QED) is 0.861. The van der Waals surface area contributed by atoms with Crippen molar-refractivity contribution in [2.75, 3.05) is 13.2 Å². The average molecular weight is 297 g/mol. The number of nitrogens with zero attached hydrogens (tertiary/aromatic N) is 1. The lowest BCUT2D eigenvalue weighted by molar-refractivity contribution is -0.0232. The number of benzene rings is 1. The Morgan fingerprint density at radius 3 is 2.35 bits per heavy atom. The van der Waals surface area contributed by atoms with E-state index in [1.807, 2.05) is 26.0 Å². The molecule has 2 atom stereocenters. The Balaban J connectivity index is 2.30. The molecule has 5 heteroatoms. The second-order valence-electron chi connectivity index (χ2n) is 5.66. The molecule has 1 aliphatic heterocycles. The lowest BCUT2D eigenvalue weighted by Crippen LogP contribution is -2.51. The van der Waals surface area contributed by atoms with Crippen LogP contribution in [0, 0.1) is 0 Å². The van der Waals surface area contributed by atoms with Crippen LogP contribution in [0.15, 0.2) is 29.2 Å². The van der Waals surface area contributed by atoms with E-state index in [1.165, 1.54) is 0 Å². The Hall–Kier alpha value is -0.910. The van der Waals surface area contributed by atoms with Crippen molar-refractivity contribution in [2.45, 2.75) is 50.7 Å². The first-order valence-corrected chi connectivity index (χ1v) is 8.51. The molecule has 0 spiro atoms. The van der Waals surface area contributed by atoms with Crippen LogP contribution in [0.5, 0.6) is 0 Å². The van der Waals surface area contributed by atoms with Crippen molar-refractivity contribution in [1.29, 1.82) is 0 Å². The van der Waals surface area contributed by atoms with E-state index in [-0.39, 0.29) is 12.1 Å². The summed E-state index contributed by atoms with van der Waals surface area (Å²) in [5.74, 6) is 0.397. The molecule has 1 saturated heterocycles. The summed E-state index contributed by atoms with van der Waals surface area (Å²) < 4.78 is 32.4. The van der Waals surface area contributed by atoms with E-state index in [0.717, 1.165) is 5.56 Å². The van der Waals surface area contributed by atoms with E-state index >= 15 is 0 Å². The highest BCUT2D eigenvalue weighted by molar-refractivity contribution is 7.89. The first-order valence-electron chi connectivity index (χ1n) is 7.07. The summed E-state index contributed by atoms with van der Waals surface area (Å²) in [5, 5.41) is 0. The van der Waals surface area contributed by atoms with Crippen molar-refractivity contribution < 1.29 is 13.2 Å². The van der Waals surface area contributed by atoms with Crippen LogP contribution in [0.2, 0.25) is 0 Å². The first kappa shape index (κ1) is 15.5. The van der Waals surface area contributed by atoms with Crippen molar-refractivity contribution in [3.8, 4) is 0 Å². The molecule has 2 unspecified atom stereocenters. The van der Waals surface area contributed by atoms with Gasteiger partial charge in [-0.2, -0.15) is 4.31 Å². The molecule has 20 heavy (non-hydrogen) atoms. The van der Waals surface area contributed by atoms with Crippen LogP contribution < -0.4 is 0 Å². The van der Waals surface area contributed by atoms with Gasteiger partial charge in [0.1, 0.15) is 0 Å². The van der Waals surface area contributed by atoms with E-state index < -0.39 is 10.0 Å². The summed E-state index contributed by atoms with van der Waals surface area (Å²) >= 11 is 0. The van der Waals surface area contributed by atoms with Gasteiger partial charge in [-0.3, -0.25) is 0 Å². The minimum Gasteiger partial charge on any atom is -0.375 e. The molecule has 1 aromatic rings. The standard InChI is InChI=1S/C15H23NO3S/c1-11(2)14-5-7-15(8-6-14)20(17,18)16-9-10-19-13(4)12(16)3/h5-8,11-13H,9-10H2,1-4H3. The van der Waals surface area contributed by atoms with Gasteiger partial charge < -0.3 is 4.74 Å². The van der Waals surface area contributed by atoms with Gasteiger partial charge in [0.15, 0.2) is 0 Å². The van der Waals surface area contributed by atoms with Crippen LogP contribution in [0.3, 0.4) is 0 Å². The molecule has 0 saturated carbocycles. The van der Waals surface area contributed by atoms with Gasteiger partial charge in [0.25, 0.3) is 0 Å². The van der Waals surface area contributed by atoms with Crippen LogP contribution in [-0.4, -0.2) is 38.0 Å². The highest BCUT2D eigenvalue weighted by atomic mass is 32.2. The summed E-state index contributed by atoms with van der Waals surface area (Å²) in [6, 6.07) is 7.06. The number of hydrogen-bond donors (Lipinski definition) is 0. The molecule has 0 N–H and O–H groups in total. The predicted octanol–water partition coefficient (Wildman–Crippen LogP) is 2.61. The fraction of sp³-hybridized carbons (Fsp3) is 0.600. The fourth-order valence-corrected chi connectivity index (χ4v) is 4.08. The molecule has 0 aliphatic carbocycles.